The maximum atomic E-state index is 13.9. The number of hydrogen-bond acceptors (Lipinski definition) is 4. The first-order valence-electron chi connectivity index (χ1n) is 12.5. The third-order valence-corrected chi connectivity index (χ3v) is 8.79. The lowest BCUT2D eigenvalue weighted by molar-refractivity contribution is -0.139. The SMILES string of the molecule is CC(C)NC(=O)[C@@H](C)N(Cc1ccc(Cl)cc1Cl)C(=O)CN(c1cc(C(F)(F)F)ccc1Cl)S(=O)(=O)c1ccccc1. The van der Waals surface area contributed by atoms with Crippen LogP contribution in [0.15, 0.2) is 71.6 Å². The molecule has 2 amide bonds. The number of nitrogens with zero attached hydrogens (tertiary/aromatic N) is 2. The number of alkyl halides is 3. The Morgan fingerprint density at radius 1 is 0.905 bits per heavy atom. The Labute approximate surface area is 257 Å². The van der Waals surface area contributed by atoms with Gasteiger partial charge in [-0.1, -0.05) is 59.1 Å². The van der Waals surface area contributed by atoms with Gasteiger partial charge in [0.05, 0.1) is 21.2 Å². The highest BCUT2D eigenvalue weighted by molar-refractivity contribution is 7.92. The maximum absolute atomic E-state index is 13.9. The van der Waals surface area contributed by atoms with E-state index in [9.17, 15) is 31.2 Å². The van der Waals surface area contributed by atoms with E-state index in [0.29, 0.717) is 27.0 Å². The van der Waals surface area contributed by atoms with Crippen molar-refractivity contribution in [3.05, 3.63) is 92.9 Å². The van der Waals surface area contributed by atoms with Gasteiger partial charge in [0.1, 0.15) is 12.6 Å². The van der Waals surface area contributed by atoms with Crippen molar-refractivity contribution in [2.45, 2.75) is 50.5 Å². The van der Waals surface area contributed by atoms with Gasteiger partial charge in [-0.15, -0.1) is 0 Å². The number of anilines is 1. The van der Waals surface area contributed by atoms with Crippen molar-refractivity contribution in [1.29, 1.82) is 0 Å². The van der Waals surface area contributed by atoms with Crippen molar-refractivity contribution in [2.75, 3.05) is 10.8 Å². The van der Waals surface area contributed by atoms with E-state index < -0.39 is 51.9 Å². The van der Waals surface area contributed by atoms with E-state index in [2.05, 4.69) is 5.32 Å². The van der Waals surface area contributed by atoms with Crippen LogP contribution < -0.4 is 9.62 Å². The Morgan fingerprint density at radius 3 is 2.12 bits per heavy atom. The van der Waals surface area contributed by atoms with Gasteiger partial charge in [0.2, 0.25) is 11.8 Å². The van der Waals surface area contributed by atoms with Crippen molar-refractivity contribution in [1.82, 2.24) is 10.2 Å². The summed E-state index contributed by atoms with van der Waals surface area (Å²) in [5.41, 5.74) is -1.34. The highest BCUT2D eigenvalue weighted by atomic mass is 35.5. The summed E-state index contributed by atoms with van der Waals surface area (Å²) < 4.78 is 69.0. The van der Waals surface area contributed by atoms with E-state index in [0.717, 1.165) is 11.0 Å². The number of benzene rings is 3. The van der Waals surface area contributed by atoms with Gasteiger partial charge in [0.25, 0.3) is 10.0 Å². The van der Waals surface area contributed by atoms with E-state index in [1.54, 1.807) is 26.0 Å². The topological polar surface area (TPSA) is 86.8 Å². The predicted octanol–water partition coefficient (Wildman–Crippen LogP) is 6.80. The van der Waals surface area contributed by atoms with Gasteiger partial charge in [-0.05, 0) is 68.8 Å². The molecule has 0 spiro atoms. The molecule has 3 aromatic rings. The van der Waals surface area contributed by atoms with E-state index in [-0.39, 0.29) is 27.5 Å². The summed E-state index contributed by atoms with van der Waals surface area (Å²) in [7, 11) is -4.63. The van der Waals surface area contributed by atoms with Gasteiger partial charge in [0.15, 0.2) is 0 Å². The number of carbonyl (C=O) groups is 2. The maximum Gasteiger partial charge on any atom is 0.416 e. The zero-order chi connectivity index (χ0) is 31.4. The molecule has 1 atom stereocenters. The molecule has 0 fully saturated rings. The highest BCUT2D eigenvalue weighted by Gasteiger charge is 2.36. The Kier molecular flexibility index (Phi) is 10.8. The van der Waals surface area contributed by atoms with Crippen molar-refractivity contribution in [3.8, 4) is 0 Å². The molecular weight excluding hydrogens is 638 g/mol. The third kappa shape index (κ3) is 8.09. The number of carbonyl (C=O) groups excluding carboxylic acids is 2. The van der Waals surface area contributed by atoms with Crippen LogP contribution in [-0.4, -0.2) is 43.8 Å². The number of rotatable bonds is 10. The standard InChI is InChI=1S/C28H27Cl3F3N3O4S/c1-17(2)35-27(39)18(3)36(15-19-9-11-21(29)14-24(19)31)26(38)16-37(42(40,41)22-7-5-4-6-8-22)25-13-20(28(32,33)34)10-12-23(25)30/h4-14,17-18H,15-16H2,1-3H3,(H,35,39)/t18-/m1/s1. The molecule has 14 heteroatoms. The molecule has 226 valence electrons. The van der Waals surface area contributed by atoms with E-state index in [1.807, 2.05) is 0 Å². The van der Waals surface area contributed by atoms with Crippen molar-refractivity contribution < 1.29 is 31.2 Å². The zero-order valence-electron chi connectivity index (χ0n) is 22.6. The Balaban J connectivity index is 2.15. The molecule has 0 aliphatic heterocycles. The van der Waals surface area contributed by atoms with E-state index in [4.69, 9.17) is 34.8 Å². The van der Waals surface area contributed by atoms with Gasteiger partial charge < -0.3 is 10.2 Å². The average Bonchev–Trinajstić information content (AvgIpc) is 2.90. The fourth-order valence-corrected chi connectivity index (χ4v) is 6.12. The molecule has 0 heterocycles. The monoisotopic (exact) mass is 663 g/mol. The van der Waals surface area contributed by atoms with Gasteiger partial charge in [-0.3, -0.25) is 13.9 Å². The highest BCUT2D eigenvalue weighted by Crippen LogP contribution is 2.37. The molecule has 42 heavy (non-hydrogen) atoms. The quantitative estimate of drug-likeness (QED) is 0.258. The summed E-state index contributed by atoms with van der Waals surface area (Å²) in [6, 6.07) is 12.1. The zero-order valence-corrected chi connectivity index (χ0v) is 25.7. The van der Waals surface area contributed by atoms with Crippen LogP contribution in [0.2, 0.25) is 15.1 Å². The number of amides is 2. The lowest BCUT2D eigenvalue weighted by atomic mass is 10.1. The van der Waals surface area contributed by atoms with Crippen LogP contribution in [0, 0.1) is 0 Å². The van der Waals surface area contributed by atoms with Gasteiger partial charge >= 0.3 is 6.18 Å². The van der Waals surface area contributed by atoms with Crippen LogP contribution in [0.3, 0.4) is 0 Å². The molecule has 1 N–H and O–H groups in total. The van der Waals surface area contributed by atoms with E-state index >= 15 is 0 Å². The minimum absolute atomic E-state index is 0.187. The molecule has 3 rings (SSSR count). The first kappa shape index (κ1) is 33.5. The third-order valence-electron chi connectivity index (χ3n) is 6.11. The van der Waals surface area contributed by atoms with E-state index in [1.165, 1.54) is 43.3 Å². The molecule has 0 saturated carbocycles. The molecule has 0 unspecified atom stereocenters. The molecule has 7 nitrogen and oxygen atoms in total. The summed E-state index contributed by atoms with van der Waals surface area (Å²) in [6.07, 6.45) is -4.83. The molecule has 3 aromatic carbocycles. The van der Waals surface area contributed by atoms with Gasteiger partial charge in [-0.25, -0.2) is 8.42 Å². The molecule has 0 saturated heterocycles. The normalized spacial score (nSPS) is 12.6. The number of nitrogens with one attached hydrogen (secondary N) is 1. The number of hydrogen-bond donors (Lipinski definition) is 1. The molecular formula is C28H27Cl3F3N3O4S. The van der Waals surface area contributed by atoms with Gasteiger partial charge in [-0.2, -0.15) is 13.2 Å². The smallest absolute Gasteiger partial charge is 0.352 e. The van der Waals surface area contributed by atoms with Crippen LogP contribution in [0.4, 0.5) is 18.9 Å². The van der Waals surface area contributed by atoms with Crippen molar-refractivity contribution in [3.63, 3.8) is 0 Å². The largest absolute Gasteiger partial charge is 0.416 e. The fraction of sp³-hybridized carbons (Fsp3) is 0.286. The molecule has 0 bridgehead atoms. The summed E-state index contributed by atoms with van der Waals surface area (Å²) in [6.45, 7) is 3.65. The lowest BCUT2D eigenvalue weighted by Crippen LogP contribution is -2.52. The van der Waals surface area contributed by atoms with Crippen LogP contribution >= 0.6 is 34.8 Å². The van der Waals surface area contributed by atoms with Crippen LogP contribution in [0.5, 0.6) is 0 Å². The van der Waals surface area contributed by atoms with Gasteiger partial charge in [0, 0.05) is 22.6 Å². The second kappa shape index (κ2) is 13.5. The fourth-order valence-electron chi connectivity index (χ4n) is 3.93. The predicted molar refractivity (Wildman–Crippen MR) is 157 cm³/mol. The second-order valence-corrected chi connectivity index (χ2v) is 12.7. The van der Waals surface area contributed by atoms with Crippen molar-refractivity contribution >= 4 is 62.3 Å². The van der Waals surface area contributed by atoms with Crippen molar-refractivity contribution in [2.24, 2.45) is 0 Å². The minimum atomic E-state index is -4.83. The molecule has 0 aromatic heterocycles. The summed E-state index contributed by atoms with van der Waals surface area (Å²) in [4.78, 5) is 27.7. The first-order chi connectivity index (χ1) is 19.5. The van der Waals surface area contributed by atoms with Crippen LogP contribution in [0.1, 0.15) is 31.9 Å². The first-order valence-corrected chi connectivity index (χ1v) is 15.1. The molecule has 0 aliphatic rings. The van der Waals surface area contributed by atoms with Crippen LogP contribution in [0.25, 0.3) is 0 Å². The lowest BCUT2D eigenvalue weighted by Gasteiger charge is -2.33. The molecule has 0 aliphatic carbocycles. The second-order valence-electron chi connectivity index (χ2n) is 9.59. The average molecular weight is 665 g/mol. The Morgan fingerprint density at radius 2 is 1.55 bits per heavy atom. The minimum Gasteiger partial charge on any atom is -0.352 e. The van der Waals surface area contributed by atoms with Crippen LogP contribution in [-0.2, 0) is 32.3 Å². The molecule has 0 radical (unpaired) electrons. The summed E-state index contributed by atoms with van der Waals surface area (Å²) >= 11 is 18.6. The Bertz CT molecular complexity index is 1550. The summed E-state index contributed by atoms with van der Waals surface area (Å²) in [5, 5.41) is 2.87. The summed E-state index contributed by atoms with van der Waals surface area (Å²) in [5.74, 6) is -1.45. The number of sulfonamides is 1. The Hall–Kier alpha value is -2.99. The number of halogens is 6.